The van der Waals surface area contributed by atoms with E-state index in [1.807, 2.05) is 17.5 Å². The molecule has 2 aromatic rings. The fourth-order valence-electron chi connectivity index (χ4n) is 1.62. The Morgan fingerprint density at radius 2 is 2.00 bits per heavy atom. The Kier molecular flexibility index (Phi) is 5.06. The first-order chi connectivity index (χ1) is 9.63. The molecule has 3 nitrogen and oxygen atoms in total. The minimum atomic E-state index is -2.83. The second kappa shape index (κ2) is 7.00. The smallest absolute Gasteiger partial charge is 0.387 e. The first kappa shape index (κ1) is 14.5. The largest absolute Gasteiger partial charge is 0.435 e. The van der Waals surface area contributed by atoms with E-state index in [0.29, 0.717) is 13.0 Å². The summed E-state index contributed by atoms with van der Waals surface area (Å²) in [5.41, 5.74) is 0.825. The lowest BCUT2D eigenvalue weighted by atomic mass is 10.2. The van der Waals surface area contributed by atoms with Gasteiger partial charge in [-0.3, -0.25) is 4.79 Å². The van der Waals surface area contributed by atoms with E-state index in [-0.39, 0.29) is 11.7 Å². The molecule has 1 aromatic carbocycles. The number of rotatable bonds is 6. The minimum Gasteiger partial charge on any atom is -0.435 e. The van der Waals surface area contributed by atoms with Crippen molar-refractivity contribution in [3.05, 3.63) is 52.2 Å². The summed E-state index contributed by atoms with van der Waals surface area (Å²) in [6, 6.07) is 9.99. The molecule has 0 unspecified atom stereocenters. The second-order valence-electron chi connectivity index (χ2n) is 4.06. The number of nitrogens with one attached hydrogen (secondary N) is 1. The molecule has 1 amide bonds. The van der Waals surface area contributed by atoms with Crippen molar-refractivity contribution in [3.63, 3.8) is 0 Å². The lowest BCUT2D eigenvalue weighted by Crippen LogP contribution is -2.24. The summed E-state index contributed by atoms with van der Waals surface area (Å²) < 4.78 is 28.2. The molecule has 0 fully saturated rings. The average Bonchev–Trinajstić information content (AvgIpc) is 2.90. The molecule has 0 bridgehead atoms. The van der Waals surface area contributed by atoms with Gasteiger partial charge >= 0.3 is 6.61 Å². The van der Waals surface area contributed by atoms with Crippen LogP contribution in [0.3, 0.4) is 0 Å². The maximum Gasteiger partial charge on any atom is 0.387 e. The molecular weight excluding hydrogens is 284 g/mol. The number of halogens is 2. The number of benzene rings is 1. The quantitative estimate of drug-likeness (QED) is 0.889. The summed E-state index contributed by atoms with van der Waals surface area (Å²) in [4.78, 5) is 12.7. The lowest BCUT2D eigenvalue weighted by Gasteiger charge is -2.07. The van der Waals surface area contributed by atoms with E-state index in [1.54, 1.807) is 12.1 Å². The predicted octanol–water partition coefficient (Wildman–Crippen LogP) is 3.21. The van der Waals surface area contributed by atoms with Crippen molar-refractivity contribution < 1.29 is 18.3 Å². The van der Waals surface area contributed by atoms with Crippen molar-refractivity contribution in [3.8, 4) is 5.75 Å². The van der Waals surface area contributed by atoms with Crippen LogP contribution < -0.4 is 10.1 Å². The van der Waals surface area contributed by atoms with Crippen LogP contribution in [0.2, 0.25) is 0 Å². The summed E-state index contributed by atoms with van der Waals surface area (Å²) in [6.07, 6.45) is 0.351. The third-order valence-corrected chi connectivity index (χ3v) is 3.43. The van der Waals surface area contributed by atoms with E-state index in [4.69, 9.17) is 0 Å². The maximum atomic E-state index is 12.0. The Labute approximate surface area is 119 Å². The summed E-state index contributed by atoms with van der Waals surface area (Å²) in [5, 5.41) is 4.70. The maximum absolute atomic E-state index is 12.0. The monoisotopic (exact) mass is 297 g/mol. The molecule has 0 atom stereocenters. The zero-order valence-electron chi connectivity index (χ0n) is 10.5. The van der Waals surface area contributed by atoms with Gasteiger partial charge in [-0.2, -0.15) is 8.78 Å². The first-order valence-electron chi connectivity index (χ1n) is 5.96. The van der Waals surface area contributed by atoms with Gasteiger partial charge in [0.05, 0.1) is 6.42 Å². The number of carbonyl (C=O) groups is 1. The van der Waals surface area contributed by atoms with Crippen LogP contribution in [0.4, 0.5) is 8.78 Å². The molecule has 0 aliphatic rings. The normalized spacial score (nSPS) is 10.6. The zero-order chi connectivity index (χ0) is 14.4. The number of alkyl halides is 2. The van der Waals surface area contributed by atoms with Crippen LogP contribution in [0.5, 0.6) is 5.75 Å². The minimum absolute atomic E-state index is 0.0691. The summed E-state index contributed by atoms with van der Waals surface area (Å²) in [5.74, 6) is 0.0361. The van der Waals surface area contributed by atoms with E-state index in [9.17, 15) is 13.6 Å². The van der Waals surface area contributed by atoms with Crippen LogP contribution in [0.25, 0.3) is 0 Å². The van der Waals surface area contributed by atoms with Crippen molar-refractivity contribution in [2.75, 3.05) is 0 Å². The van der Waals surface area contributed by atoms with Gasteiger partial charge in [0.25, 0.3) is 0 Å². The molecule has 0 spiro atoms. The van der Waals surface area contributed by atoms with E-state index >= 15 is 0 Å². The molecule has 0 aliphatic carbocycles. The van der Waals surface area contributed by atoms with Gasteiger partial charge < -0.3 is 10.1 Å². The van der Waals surface area contributed by atoms with Gasteiger partial charge in [0.15, 0.2) is 0 Å². The van der Waals surface area contributed by atoms with Crippen molar-refractivity contribution in [1.29, 1.82) is 0 Å². The van der Waals surface area contributed by atoms with Gasteiger partial charge in [0.2, 0.25) is 5.91 Å². The number of thiophene rings is 1. The molecule has 1 heterocycles. The number of hydrogen-bond donors (Lipinski definition) is 1. The molecule has 2 rings (SSSR count). The Morgan fingerprint density at radius 3 is 2.60 bits per heavy atom. The molecule has 106 valence electrons. The van der Waals surface area contributed by atoms with Crippen LogP contribution in [0.15, 0.2) is 41.8 Å². The van der Waals surface area contributed by atoms with Crippen LogP contribution in [-0.4, -0.2) is 12.5 Å². The fourth-order valence-corrected chi connectivity index (χ4v) is 2.33. The molecule has 1 aromatic heterocycles. The van der Waals surface area contributed by atoms with Crippen LogP contribution in [0, 0.1) is 0 Å². The highest BCUT2D eigenvalue weighted by Gasteiger charge is 2.06. The molecule has 1 N–H and O–H groups in total. The molecular formula is C14H13F2NO2S. The second-order valence-corrected chi connectivity index (χ2v) is 5.09. The van der Waals surface area contributed by atoms with Gasteiger partial charge in [0, 0.05) is 11.4 Å². The van der Waals surface area contributed by atoms with Crippen molar-refractivity contribution in [2.45, 2.75) is 19.6 Å². The van der Waals surface area contributed by atoms with Crippen molar-refractivity contribution in [2.24, 2.45) is 0 Å². The number of amides is 1. The number of carbonyl (C=O) groups excluding carboxylic acids is 1. The fraction of sp³-hybridized carbons (Fsp3) is 0.214. The highest BCUT2D eigenvalue weighted by atomic mass is 32.1. The van der Waals surface area contributed by atoms with Gasteiger partial charge in [-0.05, 0) is 29.1 Å². The SMILES string of the molecule is O=C(Cc1cccs1)NCc1ccc(OC(F)F)cc1. The number of hydrogen-bond acceptors (Lipinski definition) is 3. The van der Waals surface area contributed by atoms with Crippen LogP contribution in [0.1, 0.15) is 10.4 Å². The Morgan fingerprint density at radius 1 is 1.25 bits per heavy atom. The molecule has 0 saturated heterocycles. The zero-order valence-corrected chi connectivity index (χ0v) is 11.3. The van der Waals surface area contributed by atoms with Gasteiger partial charge in [-0.1, -0.05) is 18.2 Å². The highest BCUT2D eigenvalue weighted by Crippen LogP contribution is 2.15. The predicted molar refractivity (Wildman–Crippen MR) is 72.9 cm³/mol. The number of ether oxygens (including phenoxy) is 1. The van der Waals surface area contributed by atoms with Gasteiger partial charge in [-0.15, -0.1) is 11.3 Å². The first-order valence-corrected chi connectivity index (χ1v) is 6.84. The lowest BCUT2D eigenvalue weighted by molar-refractivity contribution is -0.120. The van der Waals surface area contributed by atoms with Gasteiger partial charge in [-0.25, -0.2) is 0 Å². The Balaban J connectivity index is 1.80. The van der Waals surface area contributed by atoms with Crippen LogP contribution >= 0.6 is 11.3 Å². The molecule has 0 saturated carbocycles. The Bertz CT molecular complexity index is 541. The Hall–Kier alpha value is -1.95. The molecule has 20 heavy (non-hydrogen) atoms. The topological polar surface area (TPSA) is 38.3 Å². The van der Waals surface area contributed by atoms with Crippen molar-refractivity contribution in [1.82, 2.24) is 5.32 Å². The van der Waals surface area contributed by atoms with Gasteiger partial charge in [0.1, 0.15) is 5.75 Å². The van der Waals surface area contributed by atoms with Crippen molar-refractivity contribution >= 4 is 17.2 Å². The third kappa shape index (κ3) is 4.62. The summed E-state index contributed by atoms with van der Waals surface area (Å²) >= 11 is 1.53. The van der Waals surface area contributed by atoms with E-state index in [1.165, 1.54) is 23.5 Å². The molecule has 0 aliphatic heterocycles. The third-order valence-electron chi connectivity index (χ3n) is 2.55. The van der Waals surface area contributed by atoms with E-state index in [0.717, 1.165) is 10.4 Å². The standard InChI is InChI=1S/C14H13F2NO2S/c15-14(16)19-11-5-3-10(4-6-11)9-17-13(18)8-12-2-1-7-20-12/h1-7,14H,8-9H2,(H,17,18). The average molecular weight is 297 g/mol. The molecule has 6 heteroatoms. The van der Waals surface area contributed by atoms with E-state index < -0.39 is 6.61 Å². The van der Waals surface area contributed by atoms with E-state index in [2.05, 4.69) is 10.1 Å². The summed E-state index contributed by atoms with van der Waals surface area (Å²) in [7, 11) is 0. The summed E-state index contributed by atoms with van der Waals surface area (Å²) in [6.45, 7) is -2.47. The highest BCUT2D eigenvalue weighted by molar-refractivity contribution is 7.10. The molecule has 0 radical (unpaired) electrons. The van der Waals surface area contributed by atoms with Crippen LogP contribution in [-0.2, 0) is 17.8 Å².